The molecule has 1 saturated carbocycles. The molecule has 0 aromatic rings. The summed E-state index contributed by atoms with van der Waals surface area (Å²) in [5.41, 5.74) is 0. The van der Waals surface area contributed by atoms with Gasteiger partial charge in [-0.3, -0.25) is 9.69 Å². The Hall–Kier alpha value is -0.610. The molecule has 0 aromatic heterocycles. The van der Waals surface area contributed by atoms with E-state index < -0.39 is 5.97 Å². The summed E-state index contributed by atoms with van der Waals surface area (Å²) in [6.07, 6.45) is 6.26. The average Bonchev–Trinajstić information content (AvgIpc) is 2.38. The van der Waals surface area contributed by atoms with Gasteiger partial charge in [0.05, 0.1) is 0 Å². The fourth-order valence-corrected chi connectivity index (χ4v) is 3.83. The van der Waals surface area contributed by atoms with Gasteiger partial charge in [0.15, 0.2) is 0 Å². The van der Waals surface area contributed by atoms with Crippen LogP contribution in [0.25, 0.3) is 0 Å². The highest BCUT2D eigenvalue weighted by Crippen LogP contribution is 2.33. The molecule has 19 heavy (non-hydrogen) atoms. The number of carbonyl (C=O) groups is 1. The number of hydrogen-bond acceptors (Lipinski definition) is 3. The van der Waals surface area contributed by atoms with Crippen LogP contribution in [0.3, 0.4) is 0 Å². The van der Waals surface area contributed by atoms with Crippen LogP contribution in [-0.4, -0.2) is 47.7 Å². The first kappa shape index (κ1) is 14.8. The molecule has 1 aliphatic heterocycles. The molecule has 1 saturated heterocycles. The van der Waals surface area contributed by atoms with E-state index in [4.69, 9.17) is 0 Å². The molecule has 4 nitrogen and oxygen atoms in total. The Labute approximate surface area is 116 Å². The predicted molar refractivity (Wildman–Crippen MR) is 76.2 cm³/mol. The van der Waals surface area contributed by atoms with Crippen LogP contribution in [0.15, 0.2) is 0 Å². The van der Waals surface area contributed by atoms with Crippen molar-refractivity contribution in [1.82, 2.24) is 10.2 Å². The highest BCUT2D eigenvalue weighted by molar-refractivity contribution is 5.74. The van der Waals surface area contributed by atoms with Gasteiger partial charge in [0.25, 0.3) is 0 Å². The summed E-state index contributed by atoms with van der Waals surface area (Å²) in [4.78, 5) is 13.6. The van der Waals surface area contributed by atoms with Crippen molar-refractivity contribution in [3.63, 3.8) is 0 Å². The third kappa shape index (κ3) is 3.93. The van der Waals surface area contributed by atoms with Crippen molar-refractivity contribution in [3.8, 4) is 0 Å². The van der Waals surface area contributed by atoms with E-state index in [9.17, 15) is 9.90 Å². The third-order valence-electron chi connectivity index (χ3n) is 4.60. The topological polar surface area (TPSA) is 52.6 Å². The molecule has 2 fully saturated rings. The fourth-order valence-electron chi connectivity index (χ4n) is 3.83. The maximum atomic E-state index is 11.4. The summed E-state index contributed by atoms with van der Waals surface area (Å²) in [6.45, 7) is 6.98. The van der Waals surface area contributed by atoms with Gasteiger partial charge in [-0.05, 0) is 31.1 Å². The van der Waals surface area contributed by atoms with Crippen molar-refractivity contribution < 1.29 is 9.90 Å². The quantitative estimate of drug-likeness (QED) is 0.818. The highest BCUT2D eigenvalue weighted by Gasteiger charge is 2.35. The largest absolute Gasteiger partial charge is 0.480 e. The van der Waals surface area contributed by atoms with Gasteiger partial charge < -0.3 is 10.4 Å². The molecule has 3 unspecified atom stereocenters. The van der Waals surface area contributed by atoms with Crippen molar-refractivity contribution in [2.24, 2.45) is 11.8 Å². The molecule has 3 atom stereocenters. The first-order chi connectivity index (χ1) is 9.08. The van der Waals surface area contributed by atoms with Crippen molar-refractivity contribution in [3.05, 3.63) is 0 Å². The van der Waals surface area contributed by atoms with Gasteiger partial charge in [-0.15, -0.1) is 0 Å². The van der Waals surface area contributed by atoms with E-state index in [1.807, 2.05) is 0 Å². The zero-order chi connectivity index (χ0) is 13.8. The van der Waals surface area contributed by atoms with Gasteiger partial charge >= 0.3 is 5.97 Å². The number of rotatable bonds is 4. The van der Waals surface area contributed by atoms with E-state index in [2.05, 4.69) is 24.1 Å². The van der Waals surface area contributed by atoms with Crippen molar-refractivity contribution in [2.75, 3.05) is 19.6 Å². The molecule has 2 rings (SSSR count). The van der Waals surface area contributed by atoms with Crippen molar-refractivity contribution in [2.45, 2.75) is 58.0 Å². The molecule has 0 spiro atoms. The van der Waals surface area contributed by atoms with Crippen LogP contribution in [0, 0.1) is 11.8 Å². The van der Waals surface area contributed by atoms with Gasteiger partial charge in [-0.2, -0.15) is 0 Å². The van der Waals surface area contributed by atoms with E-state index in [0.29, 0.717) is 12.6 Å². The zero-order valence-electron chi connectivity index (χ0n) is 12.3. The number of nitrogens with zero attached hydrogens (tertiary/aromatic N) is 1. The summed E-state index contributed by atoms with van der Waals surface area (Å²) in [7, 11) is 0. The molecular weight excluding hydrogens is 240 g/mol. The first-order valence-corrected chi connectivity index (χ1v) is 7.77. The molecule has 0 aromatic carbocycles. The van der Waals surface area contributed by atoms with E-state index in [1.54, 1.807) is 0 Å². The lowest BCUT2D eigenvalue weighted by molar-refractivity contribution is -0.145. The Bertz CT molecular complexity index is 307. The summed E-state index contributed by atoms with van der Waals surface area (Å²) in [5.74, 6) is 0.878. The molecule has 0 amide bonds. The van der Waals surface area contributed by atoms with Crippen LogP contribution in [0.2, 0.25) is 0 Å². The van der Waals surface area contributed by atoms with Gasteiger partial charge in [-0.25, -0.2) is 0 Å². The predicted octanol–water partition coefficient (Wildman–Crippen LogP) is 1.95. The monoisotopic (exact) mass is 268 g/mol. The second-order valence-electron chi connectivity index (χ2n) is 6.61. The summed E-state index contributed by atoms with van der Waals surface area (Å²) in [5, 5.41) is 12.6. The fraction of sp³-hybridized carbons (Fsp3) is 0.933. The van der Waals surface area contributed by atoms with E-state index in [1.165, 1.54) is 32.1 Å². The van der Waals surface area contributed by atoms with E-state index >= 15 is 0 Å². The third-order valence-corrected chi connectivity index (χ3v) is 4.60. The molecule has 1 heterocycles. The second-order valence-corrected chi connectivity index (χ2v) is 6.61. The minimum atomic E-state index is -0.668. The number of aliphatic carboxylic acids is 1. The molecular formula is C15H28N2O2. The van der Waals surface area contributed by atoms with Crippen LogP contribution in [-0.2, 0) is 4.79 Å². The minimum Gasteiger partial charge on any atom is -0.480 e. The van der Waals surface area contributed by atoms with Crippen LogP contribution in [0.5, 0.6) is 0 Å². The summed E-state index contributed by atoms with van der Waals surface area (Å²) < 4.78 is 0. The number of piperazine rings is 1. The molecule has 2 N–H and O–H groups in total. The summed E-state index contributed by atoms with van der Waals surface area (Å²) >= 11 is 0. The van der Waals surface area contributed by atoms with E-state index in [-0.39, 0.29) is 6.04 Å². The van der Waals surface area contributed by atoms with Gasteiger partial charge in [-0.1, -0.05) is 26.7 Å². The van der Waals surface area contributed by atoms with Crippen LogP contribution < -0.4 is 5.32 Å². The molecule has 4 heteroatoms. The number of carboxylic acids is 1. The van der Waals surface area contributed by atoms with Crippen LogP contribution >= 0.6 is 0 Å². The molecule has 1 aliphatic carbocycles. The van der Waals surface area contributed by atoms with E-state index in [0.717, 1.165) is 24.9 Å². The SMILES string of the molecule is CC(C)CC1CCCC(N2CCNCC2C(=O)O)C1. The highest BCUT2D eigenvalue weighted by atomic mass is 16.4. The normalized spacial score (nSPS) is 33.5. The molecule has 0 radical (unpaired) electrons. The zero-order valence-corrected chi connectivity index (χ0v) is 12.3. The first-order valence-electron chi connectivity index (χ1n) is 7.77. The maximum Gasteiger partial charge on any atom is 0.322 e. The smallest absolute Gasteiger partial charge is 0.322 e. The Morgan fingerprint density at radius 3 is 2.89 bits per heavy atom. The Morgan fingerprint density at radius 1 is 1.42 bits per heavy atom. The van der Waals surface area contributed by atoms with Crippen molar-refractivity contribution in [1.29, 1.82) is 0 Å². The lowest BCUT2D eigenvalue weighted by Crippen LogP contribution is -2.59. The van der Waals surface area contributed by atoms with Gasteiger partial charge in [0, 0.05) is 25.7 Å². The Morgan fingerprint density at radius 2 is 2.21 bits per heavy atom. The number of carboxylic acid groups (broad SMARTS) is 1. The Kier molecular flexibility index (Phi) is 5.22. The van der Waals surface area contributed by atoms with Crippen LogP contribution in [0.1, 0.15) is 46.0 Å². The Balaban J connectivity index is 1.96. The number of nitrogens with one attached hydrogen (secondary N) is 1. The van der Waals surface area contributed by atoms with Gasteiger partial charge in [0.1, 0.15) is 6.04 Å². The standard InChI is InChI=1S/C15H28N2O2/c1-11(2)8-12-4-3-5-13(9-12)17-7-6-16-10-14(17)15(18)19/h11-14,16H,3-10H2,1-2H3,(H,18,19). The second kappa shape index (κ2) is 6.71. The molecule has 0 bridgehead atoms. The van der Waals surface area contributed by atoms with Gasteiger partial charge in [0.2, 0.25) is 0 Å². The molecule has 110 valence electrons. The lowest BCUT2D eigenvalue weighted by atomic mass is 9.80. The summed E-state index contributed by atoms with van der Waals surface area (Å²) in [6, 6.07) is 0.164. The minimum absolute atomic E-state index is 0.323. The average molecular weight is 268 g/mol. The molecule has 2 aliphatic rings. The lowest BCUT2D eigenvalue weighted by Gasteiger charge is -2.43. The maximum absolute atomic E-state index is 11.4. The van der Waals surface area contributed by atoms with Crippen LogP contribution in [0.4, 0.5) is 0 Å². The van der Waals surface area contributed by atoms with Crippen molar-refractivity contribution >= 4 is 5.97 Å². The number of hydrogen-bond donors (Lipinski definition) is 2.